The summed E-state index contributed by atoms with van der Waals surface area (Å²) < 4.78 is 0. The summed E-state index contributed by atoms with van der Waals surface area (Å²) in [5.41, 5.74) is 2.10. The van der Waals surface area contributed by atoms with E-state index in [1.54, 1.807) is 12.4 Å². The normalized spacial score (nSPS) is 9.67. The van der Waals surface area contributed by atoms with Crippen LogP contribution in [0.25, 0.3) is 11.3 Å². The summed E-state index contributed by atoms with van der Waals surface area (Å²) in [4.78, 5) is 7.21. The third-order valence-corrected chi connectivity index (χ3v) is 1.67. The Hall–Kier alpha value is -1.70. The van der Waals surface area contributed by atoms with Gasteiger partial charge >= 0.3 is 0 Å². The van der Waals surface area contributed by atoms with Gasteiger partial charge in [0.15, 0.2) is 12.4 Å². The molecule has 0 radical (unpaired) electrons. The first-order chi connectivity index (χ1) is 5.97. The van der Waals surface area contributed by atoms with Gasteiger partial charge in [-0.15, -0.1) is 0 Å². The standard InChI is InChI=1S/C10H8N2/c1-2-4-9(5-3-1)10-8-11-6-7-12-10/h1-8H/p+1. The highest BCUT2D eigenvalue weighted by Gasteiger charge is 1.97. The zero-order valence-corrected chi connectivity index (χ0v) is 6.57. The fourth-order valence-electron chi connectivity index (χ4n) is 1.09. The number of H-pyrrole nitrogens is 1. The van der Waals surface area contributed by atoms with Crippen LogP contribution in [0.5, 0.6) is 0 Å². The lowest BCUT2D eigenvalue weighted by Crippen LogP contribution is -2.00. The molecule has 0 spiro atoms. The van der Waals surface area contributed by atoms with Crippen molar-refractivity contribution in [3.63, 3.8) is 0 Å². The van der Waals surface area contributed by atoms with E-state index in [1.165, 1.54) is 0 Å². The van der Waals surface area contributed by atoms with Gasteiger partial charge in [-0.3, -0.25) is 0 Å². The van der Waals surface area contributed by atoms with Gasteiger partial charge < -0.3 is 0 Å². The second-order valence-electron chi connectivity index (χ2n) is 2.51. The quantitative estimate of drug-likeness (QED) is 0.617. The van der Waals surface area contributed by atoms with Gasteiger partial charge in [0.05, 0.1) is 6.20 Å². The SMILES string of the molecule is c1ccc(-c2c[nH+]ccn2)cc1. The number of rotatable bonds is 1. The van der Waals surface area contributed by atoms with Crippen molar-refractivity contribution >= 4 is 0 Å². The summed E-state index contributed by atoms with van der Waals surface area (Å²) in [6.45, 7) is 0. The molecule has 0 atom stereocenters. The molecule has 0 aliphatic heterocycles. The van der Waals surface area contributed by atoms with Crippen molar-refractivity contribution in [3.8, 4) is 11.3 Å². The van der Waals surface area contributed by atoms with Crippen LogP contribution >= 0.6 is 0 Å². The Morgan fingerprint density at radius 1 is 1.08 bits per heavy atom. The molecular weight excluding hydrogens is 148 g/mol. The van der Waals surface area contributed by atoms with Gasteiger partial charge in [-0.2, -0.15) is 0 Å². The largest absolute Gasteiger partial charge is 0.244 e. The third kappa shape index (κ3) is 1.32. The molecular formula is C10H9N2+. The highest BCUT2D eigenvalue weighted by molar-refractivity contribution is 5.56. The van der Waals surface area contributed by atoms with E-state index in [-0.39, 0.29) is 0 Å². The number of hydrogen-bond acceptors (Lipinski definition) is 1. The molecule has 0 aliphatic carbocycles. The smallest absolute Gasteiger partial charge is 0.193 e. The summed E-state index contributed by atoms with van der Waals surface area (Å²) in [6, 6.07) is 10.1. The van der Waals surface area contributed by atoms with Crippen LogP contribution in [0.3, 0.4) is 0 Å². The van der Waals surface area contributed by atoms with E-state index in [1.807, 2.05) is 36.5 Å². The van der Waals surface area contributed by atoms with E-state index in [0.29, 0.717) is 0 Å². The molecule has 0 saturated carbocycles. The topological polar surface area (TPSA) is 27.0 Å². The lowest BCUT2D eigenvalue weighted by molar-refractivity contribution is -0.378. The maximum absolute atomic E-state index is 4.22. The van der Waals surface area contributed by atoms with Crippen molar-refractivity contribution < 1.29 is 4.98 Å². The van der Waals surface area contributed by atoms with E-state index in [4.69, 9.17) is 0 Å². The fraction of sp³-hybridized carbons (Fsp3) is 0. The first-order valence-electron chi connectivity index (χ1n) is 3.84. The van der Waals surface area contributed by atoms with Crippen LogP contribution in [0.4, 0.5) is 0 Å². The Morgan fingerprint density at radius 2 is 1.92 bits per heavy atom. The number of aromatic amines is 1. The molecule has 2 aromatic rings. The van der Waals surface area contributed by atoms with Gasteiger partial charge in [0.25, 0.3) is 0 Å². The Balaban J connectivity index is 2.46. The van der Waals surface area contributed by atoms with Gasteiger partial charge in [0, 0.05) is 5.56 Å². The molecule has 2 rings (SSSR count). The van der Waals surface area contributed by atoms with Crippen molar-refractivity contribution in [1.82, 2.24) is 4.98 Å². The van der Waals surface area contributed by atoms with Crippen molar-refractivity contribution in [2.24, 2.45) is 0 Å². The Labute approximate surface area is 70.9 Å². The zero-order valence-electron chi connectivity index (χ0n) is 6.57. The maximum atomic E-state index is 4.22. The van der Waals surface area contributed by atoms with Crippen LogP contribution in [-0.2, 0) is 0 Å². The van der Waals surface area contributed by atoms with Gasteiger partial charge in [-0.1, -0.05) is 30.3 Å². The Bertz CT molecular complexity index is 305. The molecule has 1 aromatic heterocycles. The maximum Gasteiger partial charge on any atom is 0.193 e. The minimum absolute atomic E-state index is 0.970. The summed E-state index contributed by atoms with van der Waals surface area (Å²) >= 11 is 0. The molecule has 0 amide bonds. The molecule has 12 heavy (non-hydrogen) atoms. The monoisotopic (exact) mass is 157 g/mol. The third-order valence-electron chi connectivity index (χ3n) is 1.67. The van der Waals surface area contributed by atoms with Gasteiger partial charge in [-0.25, -0.2) is 9.97 Å². The zero-order chi connectivity index (χ0) is 8.23. The number of benzene rings is 1. The first-order valence-corrected chi connectivity index (χ1v) is 3.84. The van der Waals surface area contributed by atoms with Crippen LogP contribution in [-0.4, -0.2) is 4.98 Å². The number of nitrogens with zero attached hydrogens (tertiary/aromatic N) is 1. The first kappa shape index (κ1) is 6.98. The summed E-state index contributed by atoms with van der Waals surface area (Å²) in [5.74, 6) is 0. The highest BCUT2D eigenvalue weighted by atomic mass is 14.8. The Kier molecular flexibility index (Phi) is 1.82. The Morgan fingerprint density at radius 3 is 2.58 bits per heavy atom. The molecule has 1 N–H and O–H groups in total. The second kappa shape index (κ2) is 3.13. The highest BCUT2D eigenvalue weighted by Crippen LogP contribution is 2.12. The van der Waals surface area contributed by atoms with E-state index in [9.17, 15) is 0 Å². The van der Waals surface area contributed by atoms with Crippen LogP contribution < -0.4 is 4.98 Å². The minimum atomic E-state index is 0.970. The van der Waals surface area contributed by atoms with Crippen molar-refractivity contribution in [3.05, 3.63) is 48.9 Å². The van der Waals surface area contributed by atoms with Crippen LogP contribution in [0.1, 0.15) is 0 Å². The number of hydrogen-bond donors (Lipinski definition) is 0. The number of nitrogens with one attached hydrogen (secondary N) is 1. The summed E-state index contributed by atoms with van der Waals surface area (Å²) in [5, 5.41) is 0. The van der Waals surface area contributed by atoms with Gasteiger partial charge in [0.1, 0.15) is 5.69 Å². The molecule has 58 valence electrons. The molecule has 0 fully saturated rings. The molecule has 1 aromatic carbocycles. The molecule has 0 bridgehead atoms. The second-order valence-corrected chi connectivity index (χ2v) is 2.51. The number of aromatic nitrogens is 2. The van der Waals surface area contributed by atoms with E-state index >= 15 is 0 Å². The molecule has 2 nitrogen and oxygen atoms in total. The van der Waals surface area contributed by atoms with Crippen LogP contribution in [0.15, 0.2) is 48.9 Å². The summed E-state index contributed by atoms with van der Waals surface area (Å²) in [6.07, 6.45) is 5.43. The summed E-state index contributed by atoms with van der Waals surface area (Å²) in [7, 11) is 0. The van der Waals surface area contributed by atoms with Crippen molar-refractivity contribution in [2.75, 3.05) is 0 Å². The molecule has 0 aliphatic rings. The molecule has 2 heteroatoms. The van der Waals surface area contributed by atoms with E-state index in [2.05, 4.69) is 9.97 Å². The molecule has 0 unspecified atom stereocenters. The lowest BCUT2D eigenvalue weighted by Gasteiger charge is -1.93. The van der Waals surface area contributed by atoms with Crippen LogP contribution in [0.2, 0.25) is 0 Å². The van der Waals surface area contributed by atoms with E-state index in [0.717, 1.165) is 11.3 Å². The lowest BCUT2D eigenvalue weighted by atomic mass is 10.2. The molecule has 0 saturated heterocycles. The van der Waals surface area contributed by atoms with Gasteiger partial charge in [0.2, 0.25) is 0 Å². The van der Waals surface area contributed by atoms with E-state index < -0.39 is 0 Å². The average Bonchev–Trinajstić information content (AvgIpc) is 2.21. The van der Waals surface area contributed by atoms with Crippen molar-refractivity contribution in [1.29, 1.82) is 0 Å². The van der Waals surface area contributed by atoms with Gasteiger partial charge in [-0.05, 0) is 0 Å². The molecule has 1 heterocycles. The van der Waals surface area contributed by atoms with Crippen molar-refractivity contribution in [2.45, 2.75) is 0 Å². The average molecular weight is 157 g/mol. The fourth-order valence-corrected chi connectivity index (χ4v) is 1.09. The minimum Gasteiger partial charge on any atom is -0.244 e. The van der Waals surface area contributed by atoms with Crippen LogP contribution in [0, 0.1) is 0 Å². The predicted molar refractivity (Wildman–Crippen MR) is 46.2 cm³/mol. The predicted octanol–water partition coefficient (Wildman–Crippen LogP) is 1.56.